The van der Waals surface area contributed by atoms with Crippen LogP contribution in [-0.4, -0.2) is 21.2 Å². The Morgan fingerprint density at radius 2 is 1.44 bits per heavy atom. The fourth-order valence-electron chi connectivity index (χ4n) is 3.06. The van der Waals surface area contributed by atoms with Crippen LogP contribution >= 0.6 is 11.3 Å². The molecule has 0 saturated carbocycles. The Hall–Kier alpha value is -2.96. The Labute approximate surface area is 192 Å². The number of ether oxygens (including phenoxy) is 1. The van der Waals surface area contributed by atoms with Gasteiger partial charge in [0.25, 0.3) is 0 Å². The van der Waals surface area contributed by atoms with E-state index in [1.807, 2.05) is 20.2 Å². The highest BCUT2D eigenvalue weighted by molar-refractivity contribution is 7.24. The molecule has 0 bridgehead atoms. The maximum Gasteiger partial charge on any atom is 0.243 e. The molecule has 0 unspecified atom stereocenters. The molecule has 0 fully saturated rings. The molecule has 1 heterocycles. The quantitative estimate of drug-likeness (QED) is 0.247. The summed E-state index contributed by atoms with van der Waals surface area (Å²) in [5.74, 6) is 7.65. The topological polar surface area (TPSA) is 105 Å². The number of hydrogen-bond acceptors (Lipinski definition) is 6. The van der Waals surface area contributed by atoms with Crippen molar-refractivity contribution in [2.45, 2.75) is 0 Å². The van der Waals surface area contributed by atoms with E-state index in [9.17, 15) is 0 Å². The highest BCUT2D eigenvalue weighted by Gasteiger charge is 2.16. The third-order valence-corrected chi connectivity index (χ3v) is 5.68. The number of anilines is 1. The van der Waals surface area contributed by atoms with Crippen LogP contribution in [0.5, 0.6) is 5.75 Å². The first-order valence-electron chi connectivity index (χ1n) is 9.39. The zero-order valence-electron chi connectivity index (χ0n) is 17.6. The predicted molar refractivity (Wildman–Crippen MR) is 117 cm³/mol. The van der Waals surface area contributed by atoms with Crippen molar-refractivity contribution in [1.82, 2.24) is 0 Å². The van der Waals surface area contributed by atoms with Crippen molar-refractivity contribution in [2.75, 3.05) is 26.1 Å². The lowest BCUT2D eigenvalue weighted by atomic mass is 10.1. The number of methoxy groups -OCH3 is 1. The van der Waals surface area contributed by atoms with Crippen LogP contribution in [0, 0.1) is 22.1 Å². The first-order valence-corrected chi connectivity index (χ1v) is 11.4. The number of nitrogens with zero attached hydrogens (tertiary/aromatic N) is 1. The Morgan fingerprint density at radius 1 is 0.812 bits per heavy atom. The van der Waals surface area contributed by atoms with Gasteiger partial charge in [0.2, 0.25) is 20.7 Å². The Morgan fingerprint density at radius 3 is 2.06 bits per heavy atom. The Balaban J connectivity index is 0.000000523. The lowest BCUT2D eigenvalue weighted by Gasteiger charge is -2.17. The lowest BCUT2D eigenvalue weighted by molar-refractivity contribution is -2.00. The van der Waals surface area contributed by atoms with E-state index in [2.05, 4.69) is 77.4 Å². The van der Waals surface area contributed by atoms with Gasteiger partial charge in [0.05, 0.1) is 23.4 Å². The van der Waals surface area contributed by atoms with Crippen LogP contribution in [-0.2, 0) is 0 Å². The number of halogens is 1. The number of hydrogen-bond donors (Lipinski definition) is 0. The molecule has 3 aromatic carbocycles. The summed E-state index contributed by atoms with van der Waals surface area (Å²) in [7, 11) is 0.835. The second-order valence-corrected chi connectivity index (χ2v) is 8.74. The van der Waals surface area contributed by atoms with Crippen LogP contribution in [0.1, 0.15) is 11.1 Å². The van der Waals surface area contributed by atoms with E-state index in [0.29, 0.717) is 0 Å². The molecule has 0 atom stereocenters. The number of benzene rings is 3. The van der Waals surface area contributed by atoms with Crippen molar-refractivity contribution in [3.05, 3.63) is 77.9 Å². The fourth-order valence-corrected chi connectivity index (χ4v) is 4.18. The second kappa shape index (κ2) is 10.1. The fraction of sp³-hybridized carbons (Fsp3) is 0.125. The summed E-state index contributed by atoms with van der Waals surface area (Å²) in [5.41, 5.74) is 3.25. The largest absolute Gasteiger partial charge is 0.497 e. The third-order valence-electron chi connectivity index (χ3n) is 4.55. The van der Waals surface area contributed by atoms with Gasteiger partial charge < -0.3 is 9.64 Å². The van der Waals surface area contributed by atoms with Gasteiger partial charge in [-0.25, -0.2) is 18.6 Å². The molecule has 32 heavy (non-hydrogen) atoms. The van der Waals surface area contributed by atoms with E-state index in [1.165, 1.54) is 20.5 Å². The van der Waals surface area contributed by atoms with Crippen molar-refractivity contribution in [1.29, 1.82) is 0 Å². The van der Waals surface area contributed by atoms with E-state index in [4.69, 9.17) is 23.4 Å². The molecule has 4 rings (SSSR count). The highest BCUT2D eigenvalue weighted by atomic mass is 35.7. The average molecular weight is 470 g/mol. The monoisotopic (exact) mass is 469 g/mol. The minimum absolute atomic E-state index is 0.868. The minimum Gasteiger partial charge on any atom is -0.497 e. The van der Waals surface area contributed by atoms with Gasteiger partial charge in [-0.2, -0.15) is 0 Å². The average Bonchev–Trinajstić information content (AvgIpc) is 2.75. The molecule has 0 spiro atoms. The van der Waals surface area contributed by atoms with Gasteiger partial charge >= 0.3 is 0 Å². The summed E-state index contributed by atoms with van der Waals surface area (Å²) in [6, 6.07) is 23.0. The van der Waals surface area contributed by atoms with Gasteiger partial charge in [0.1, 0.15) is 5.75 Å². The molecule has 0 amide bonds. The van der Waals surface area contributed by atoms with Crippen LogP contribution in [0.3, 0.4) is 0 Å². The molecule has 1 aromatic heterocycles. The SMILES string of the molecule is COc1ccc2c(C#Cc3ccc(N(C)C)cc3)c3ccccc3[s+]c2c1.[O-][Cl+3]([O-])([O-])[O-]. The molecule has 0 aliphatic heterocycles. The zero-order chi connectivity index (χ0) is 23.3. The smallest absolute Gasteiger partial charge is 0.243 e. The molecule has 4 aromatic rings. The van der Waals surface area contributed by atoms with Gasteiger partial charge in [-0.3, -0.25) is 0 Å². The van der Waals surface area contributed by atoms with Gasteiger partial charge in [-0.05, 0) is 42.5 Å². The van der Waals surface area contributed by atoms with E-state index < -0.39 is 10.2 Å². The van der Waals surface area contributed by atoms with Crippen molar-refractivity contribution < 1.29 is 33.6 Å². The molecule has 0 radical (unpaired) electrons. The molecule has 0 N–H and O–H groups in total. The van der Waals surface area contributed by atoms with Crippen molar-refractivity contribution in [2.24, 2.45) is 0 Å². The first kappa shape index (κ1) is 23.7. The van der Waals surface area contributed by atoms with Crippen LogP contribution in [0.2, 0.25) is 0 Å². The molecule has 0 aliphatic rings. The van der Waals surface area contributed by atoms with E-state index in [0.717, 1.165) is 22.3 Å². The van der Waals surface area contributed by atoms with E-state index >= 15 is 0 Å². The van der Waals surface area contributed by atoms with Crippen molar-refractivity contribution in [3.8, 4) is 17.6 Å². The first-order chi connectivity index (χ1) is 15.2. The summed E-state index contributed by atoms with van der Waals surface area (Å²) < 4.78 is 41.8. The van der Waals surface area contributed by atoms with E-state index in [-0.39, 0.29) is 0 Å². The van der Waals surface area contributed by atoms with Gasteiger partial charge in [-0.1, -0.05) is 24.0 Å². The lowest BCUT2D eigenvalue weighted by Crippen LogP contribution is -2.68. The van der Waals surface area contributed by atoms with Crippen LogP contribution in [0.15, 0.2) is 66.7 Å². The minimum atomic E-state index is -4.94. The normalized spacial score (nSPS) is 10.7. The molecule has 0 aliphatic carbocycles. The maximum atomic E-state index is 8.49. The summed E-state index contributed by atoms with van der Waals surface area (Å²) in [5, 5.41) is 2.36. The third kappa shape index (κ3) is 6.28. The maximum absolute atomic E-state index is 8.49. The van der Waals surface area contributed by atoms with Crippen LogP contribution in [0.4, 0.5) is 5.69 Å². The standard InChI is InChI=1S/C24H20NOS.ClHO4/c1-25(2)18-11-8-17(9-12-18)10-14-20-21-6-4-5-7-23(21)27-24-16-19(26-3)13-15-22(20)24;2-1(3,4)5/h4-9,11-13,15-16H,1-3H3;(H,2,3,4,5)/q+1;/p-1. The highest BCUT2D eigenvalue weighted by Crippen LogP contribution is 2.34. The Kier molecular flexibility index (Phi) is 7.48. The molecule has 6 nitrogen and oxygen atoms in total. The second-order valence-electron chi connectivity index (χ2n) is 6.90. The molecule has 8 heteroatoms. The van der Waals surface area contributed by atoms with Gasteiger partial charge in [0.15, 0.2) is 0 Å². The van der Waals surface area contributed by atoms with Crippen molar-refractivity contribution in [3.63, 3.8) is 0 Å². The summed E-state index contributed by atoms with van der Waals surface area (Å²) >= 11 is 1.77. The number of rotatable bonds is 2. The summed E-state index contributed by atoms with van der Waals surface area (Å²) in [4.78, 5) is 2.09. The van der Waals surface area contributed by atoms with Gasteiger partial charge in [-0.15, -0.1) is 10.2 Å². The Bertz CT molecular complexity index is 1290. The zero-order valence-corrected chi connectivity index (χ0v) is 19.2. The predicted octanol–water partition coefficient (Wildman–Crippen LogP) is 1.05. The van der Waals surface area contributed by atoms with Gasteiger partial charge in [0, 0.05) is 37.5 Å². The van der Waals surface area contributed by atoms with Crippen LogP contribution < -0.4 is 28.3 Å². The summed E-state index contributed by atoms with van der Waals surface area (Å²) in [6.45, 7) is 0. The van der Waals surface area contributed by atoms with Crippen LogP contribution in [0.25, 0.3) is 20.2 Å². The summed E-state index contributed by atoms with van der Waals surface area (Å²) in [6.07, 6.45) is 0. The molecule has 164 valence electrons. The van der Waals surface area contributed by atoms with Crippen molar-refractivity contribution >= 4 is 37.2 Å². The molecular weight excluding hydrogens is 450 g/mol. The molecule has 0 saturated heterocycles. The molecular formula is C24H20ClNO5S. The van der Waals surface area contributed by atoms with E-state index in [1.54, 1.807) is 18.4 Å². The number of fused-ring (bicyclic) bond motifs is 2.